The number of hydrogen-bond donors (Lipinski definition) is 1. The van der Waals surface area contributed by atoms with Crippen LogP contribution >= 0.6 is 0 Å². The number of phenolic OH excluding ortho intramolecular Hbond substituents is 1. The maximum absolute atomic E-state index is 13.5. The summed E-state index contributed by atoms with van der Waals surface area (Å²) in [5.74, 6) is -0.145. The fraction of sp³-hybridized carbons (Fsp3) is 0.280. The van der Waals surface area contributed by atoms with Crippen molar-refractivity contribution in [1.82, 2.24) is 9.88 Å². The van der Waals surface area contributed by atoms with Gasteiger partial charge in [0.15, 0.2) is 0 Å². The Kier molecular flexibility index (Phi) is 7.00. The number of aromatic nitrogens is 1. The molecule has 1 N–H and O–H groups in total. The Morgan fingerprint density at radius 1 is 1.14 bits per heavy atom. The number of aryl methyl sites for hydroxylation is 1. The number of hydrogen-bond acceptors (Lipinski definition) is 8. The van der Waals surface area contributed by atoms with E-state index in [1.807, 2.05) is 12.1 Å². The number of fused-ring (bicyclic) bond motifs is 1. The Hall–Kier alpha value is -4.34. The van der Waals surface area contributed by atoms with Gasteiger partial charge in [0.2, 0.25) is 11.8 Å². The molecule has 0 saturated carbocycles. The summed E-state index contributed by atoms with van der Waals surface area (Å²) in [6.07, 6.45) is 1.59. The molecule has 0 spiro atoms. The summed E-state index contributed by atoms with van der Waals surface area (Å²) in [7, 11) is 0. The number of aromatic hydroxyl groups is 1. The molecule has 0 atom stereocenters. The number of para-hydroxylation sites is 1. The molecule has 35 heavy (non-hydrogen) atoms. The number of nitrogens with zero attached hydrogens (tertiary/aromatic N) is 3. The first-order chi connectivity index (χ1) is 16.8. The standard InChI is InChI=1S/C25H25N3O7/c1-16-12-26-23(35-16)14-27-13-18-5-3-4-6-21(18)28(15-24(27)31)25(32)20-8-7-19(11-22(20)30)34-10-9-33-17(2)29/h3-8,11-12,30H,9-10,13-15H2,1-2H3. The fourth-order valence-electron chi connectivity index (χ4n) is 3.76. The van der Waals surface area contributed by atoms with Crippen molar-refractivity contribution in [2.75, 3.05) is 24.7 Å². The molecule has 0 unspecified atom stereocenters. The van der Waals surface area contributed by atoms with E-state index in [1.54, 1.807) is 30.2 Å². The van der Waals surface area contributed by atoms with Crippen LogP contribution in [0.4, 0.5) is 5.69 Å². The number of oxazole rings is 1. The lowest BCUT2D eigenvalue weighted by molar-refractivity contribution is -0.141. The molecule has 1 aliphatic rings. The Bertz CT molecular complexity index is 1250. The molecule has 0 fully saturated rings. The van der Waals surface area contributed by atoms with Crippen molar-refractivity contribution in [3.8, 4) is 11.5 Å². The first-order valence-electron chi connectivity index (χ1n) is 11.0. The minimum absolute atomic E-state index is 0.0247. The minimum atomic E-state index is -0.524. The van der Waals surface area contributed by atoms with E-state index in [4.69, 9.17) is 13.9 Å². The van der Waals surface area contributed by atoms with Crippen LogP contribution in [0.15, 0.2) is 53.1 Å². The minimum Gasteiger partial charge on any atom is -0.507 e. The van der Waals surface area contributed by atoms with Crippen LogP contribution in [0.5, 0.6) is 11.5 Å². The predicted octanol–water partition coefficient (Wildman–Crippen LogP) is 2.82. The molecule has 0 bridgehead atoms. The van der Waals surface area contributed by atoms with Crippen LogP contribution in [-0.2, 0) is 27.4 Å². The predicted molar refractivity (Wildman–Crippen MR) is 124 cm³/mol. The molecular formula is C25H25N3O7. The molecule has 182 valence electrons. The number of ether oxygens (including phenoxy) is 2. The molecule has 3 aromatic rings. The highest BCUT2D eigenvalue weighted by molar-refractivity contribution is 6.11. The molecule has 2 aromatic carbocycles. The van der Waals surface area contributed by atoms with E-state index in [0.717, 1.165) is 5.56 Å². The van der Waals surface area contributed by atoms with Gasteiger partial charge in [0.1, 0.15) is 37.0 Å². The Labute approximate surface area is 201 Å². The third-order valence-electron chi connectivity index (χ3n) is 5.39. The van der Waals surface area contributed by atoms with Crippen molar-refractivity contribution in [3.63, 3.8) is 0 Å². The maximum Gasteiger partial charge on any atom is 0.302 e. The van der Waals surface area contributed by atoms with Gasteiger partial charge in [-0.05, 0) is 30.7 Å². The van der Waals surface area contributed by atoms with Crippen LogP contribution in [0.25, 0.3) is 0 Å². The van der Waals surface area contributed by atoms with Gasteiger partial charge in [-0.1, -0.05) is 18.2 Å². The average Bonchev–Trinajstić information content (AvgIpc) is 3.18. The first kappa shape index (κ1) is 23.8. The maximum atomic E-state index is 13.5. The highest BCUT2D eigenvalue weighted by atomic mass is 16.6. The molecule has 1 aromatic heterocycles. The zero-order chi connectivity index (χ0) is 24.9. The number of benzene rings is 2. The lowest BCUT2D eigenvalue weighted by Gasteiger charge is -2.22. The number of esters is 1. The second-order valence-electron chi connectivity index (χ2n) is 8.00. The van der Waals surface area contributed by atoms with Crippen molar-refractivity contribution in [1.29, 1.82) is 0 Å². The van der Waals surface area contributed by atoms with Gasteiger partial charge >= 0.3 is 5.97 Å². The first-order valence-corrected chi connectivity index (χ1v) is 11.0. The second kappa shape index (κ2) is 10.3. The van der Waals surface area contributed by atoms with Crippen molar-refractivity contribution >= 4 is 23.5 Å². The normalized spacial score (nSPS) is 13.3. The zero-order valence-electron chi connectivity index (χ0n) is 19.4. The molecule has 2 heterocycles. The number of rotatable bonds is 7. The lowest BCUT2D eigenvalue weighted by atomic mass is 10.1. The van der Waals surface area contributed by atoms with Crippen molar-refractivity contribution in [2.24, 2.45) is 0 Å². The largest absolute Gasteiger partial charge is 0.507 e. The third kappa shape index (κ3) is 5.60. The van der Waals surface area contributed by atoms with Crippen molar-refractivity contribution in [3.05, 3.63) is 71.4 Å². The number of amides is 2. The van der Waals surface area contributed by atoms with Crippen LogP contribution in [-0.4, -0.2) is 52.5 Å². The quantitative estimate of drug-likeness (QED) is 0.405. The fourth-order valence-corrected chi connectivity index (χ4v) is 3.76. The van der Waals surface area contributed by atoms with Crippen LogP contribution in [0, 0.1) is 6.92 Å². The van der Waals surface area contributed by atoms with Crippen molar-refractivity contribution < 1.29 is 33.4 Å². The molecule has 0 saturated heterocycles. The smallest absolute Gasteiger partial charge is 0.302 e. The van der Waals surface area contributed by atoms with Gasteiger partial charge in [0.25, 0.3) is 5.91 Å². The topological polar surface area (TPSA) is 122 Å². The molecule has 10 heteroatoms. The van der Waals surface area contributed by atoms with E-state index in [9.17, 15) is 19.5 Å². The summed E-state index contributed by atoms with van der Waals surface area (Å²) < 4.78 is 15.8. The summed E-state index contributed by atoms with van der Waals surface area (Å²) in [5.41, 5.74) is 1.38. The molecule has 0 radical (unpaired) electrons. The van der Waals surface area contributed by atoms with Gasteiger partial charge in [0.05, 0.1) is 18.3 Å². The number of carbonyl (C=O) groups excluding carboxylic acids is 3. The van der Waals surface area contributed by atoms with E-state index in [1.165, 1.54) is 30.0 Å². The summed E-state index contributed by atoms with van der Waals surface area (Å²) in [6, 6.07) is 11.5. The molecule has 4 rings (SSSR count). The van der Waals surface area contributed by atoms with Crippen LogP contribution in [0.1, 0.15) is 34.5 Å². The van der Waals surface area contributed by atoms with Crippen LogP contribution < -0.4 is 9.64 Å². The van der Waals surface area contributed by atoms with Gasteiger partial charge in [0, 0.05) is 25.2 Å². The van der Waals surface area contributed by atoms with Gasteiger partial charge < -0.3 is 23.9 Å². The summed E-state index contributed by atoms with van der Waals surface area (Å²) in [6.45, 7) is 3.48. The molecular weight excluding hydrogens is 454 g/mol. The van der Waals surface area contributed by atoms with E-state index < -0.39 is 11.9 Å². The Balaban J connectivity index is 1.54. The number of anilines is 1. The van der Waals surface area contributed by atoms with Gasteiger partial charge in [-0.15, -0.1) is 0 Å². The van der Waals surface area contributed by atoms with Crippen LogP contribution in [0.2, 0.25) is 0 Å². The molecule has 10 nitrogen and oxygen atoms in total. The molecule has 0 aliphatic carbocycles. The second-order valence-corrected chi connectivity index (χ2v) is 8.00. The third-order valence-corrected chi connectivity index (χ3v) is 5.39. The number of carbonyl (C=O) groups is 3. The van der Waals surface area contributed by atoms with E-state index in [2.05, 4.69) is 4.98 Å². The highest BCUT2D eigenvalue weighted by Crippen LogP contribution is 2.31. The Morgan fingerprint density at radius 2 is 1.94 bits per heavy atom. The van der Waals surface area contributed by atoms with Crippen LogP contribution in [0.3, 0.4) is 0 Å². The van der Waals surface area contributed by atoms with Gasteiger partial charge in [-0.25, -0.2) is 4.98 Å². The van der Waals surface area contributed by atoms with Crippen molar-refractivity contribution in [2.45, 2.75) is 26.9 Å². The summed E-state index contributed by atoms with van der Waals surface area (Å²) >= 11 is 0. The van der Waals surface area contributed by atoms with Gasteiger partial charge in [-0.3, -0.25) is 19.3 Å². The van der Waals surface area contributed by atoms with Gasteiger partial charge in [-0.2, -0.15) is 0 Å². The summed E-state index contributed by atoms with van der Waals surface area (Å²) in [4.78, 5) is 44.5. The zero-order valence-corrected chi connectivity index (χ0v) is 19.4. The van der Waals surface area contributed by atoms with E-state index >= 15 is 0 Å². The van der Waals surface area contributed by atoms with E-state index in [-0.39, 0.29) is 50.1 Å². The Morgan fingerprint density at radius 3 is 2.66 bits per heavy atom. The van der Waals surface area contributed by atoms with E-state index in [0.29, 0.717) is 23.1 Å². The monoisotopic (exact) mass is 479 g/mol. The number of phenols is 1. The average molecular weight is 479 g/mol. The molecule has 1 aliphatic heterocycles. The SMILES string of the molecule is CC(=O)OCCOc1ccc(C(=O)N2CC(=O)N(Cc3ncc(C)o3)Cc3ccccc32)c(O)c1. The highest BCUT2D eigenvalue weighted by Gasteiger charge is 2.31. The summed E-state index contributed by atoms with van der Waals surface area (Å²) in [5, 5.41) is 10.5. The lowest BCUT2D eigenvalue weighted by Crippen LogP contribution is -2.40. The molecule has 2 amide bonds.